The van der Waals surface area contributed by atoms with E-state index in [2.05, 4.69) is 10.3 Å². The molecule has 0 aromatic carbocycles. The number of amides is 1. The van der Waals surface area contributed by atoms with E-state index in [1.54, 1.807) is 18.0 Å². The van der Waals surface area contributed by atoms with Crippen LogP contribution in [0.25, 0.3) is 0 Å². The quantitative estimate of drug-likeness (QED) is 0.860. The summed E-state index contributed by atoms with van der Waals surface area (Å²) in [5.74, 6) is 0.671. The van der Waals surface area contributed by atoms with Gasteiger partial charge in [-0.2, -0.15) is 0 Å². The lowest BCUT2D eigenvalue weighted by atomic mass is 10.2. The Kier molecular flexibility index (Phi) is 3.81. The van der Waals surface area contributed by atoms with Crippen molar-refractivity contribution >= 4 is 11.7 Å². The van der Waals surface area contributed by atoms with E-state index in [1.165, 1.54) is 0 Å². The van der Waals surface area contributed by atoms with Gasteiger partial charge >= 0.3 is 0 Å². The topological polar surface area (TPSA) is 54.5 Å². The molecule has 1 N–H and O–H groups in total. The number of anilines is 1. The molecule has 1 amide bonds. The molecule has 5 heteroatoms. The van der Waals surface area contributed by atoms with Crippen molar-refractivity contribution in [2.24, 2.45) is 0 Å². The fourth-order valence-electron chi connectivity index (χ4n) is 2.20. The number of ether oxygens (including phenoxy) is 1. The highest BCUT2D eigenvalue weighted by Crippen LogP contribution is 2.14. The van der Waals surface area contributed by atoms with Gasteiger partial charge in [-0.15, -0.1) is 0 Å². The summed E-state index contributed by atoms with van der Waals surface area (Å²) in [6.07, 6.45) is 0.148. The van der Waals surface area contributed by atoms with E-state index in [4.69, 9.17) is 4.74 Å². The van der Waals surface area contributed by atoms with Crippen molar-refractivity contribution in [2.75, 3.05) is 25.5 Å². The maximum Gasteiger partial charge on any atom is 0.272 e. The summed E-state index contributed by atoms with van der Waals surface area (Å²) in [5, 5.41) is 2.94. The fourth-order valence-corrected chi connectivity index (χ4v) is 2.20. The Morgan fingerprint density at radius 3 is 2.67 bits per heavy atom. The monoisotopic (exact) mass is 249 g/mol. The molecule has 0 spiro atoms. The van der Waals surface area contributed by atoms with Crippen LogP contribution < -0.4 is 5.32 Å². The maximum atomic E-state index is 12.3. The second-order valence-corrected chi connectivity index (χ2v) is 4.63. The van der Waals surface area contributed by atoms with Crippen LogP contribution in [0.5, 0.6) is 0 Å². The first kappa shape index (κ1) is 12.8. The first-order chi connectivity index (χ1) is 8.60. The van der Waals surface area contributed by atoms with Crippen LogP contribution in [0, 0.1) is 0 Å². The number of rotatable bonds is 2. The molecule has 0 unspecified atom stereocenters. The fraction of sp³-hybridized carbons (Fsp3) is 0.538. The van der Waals surface area contributed by atoms with E-state index >= 15 is 0 Å². The van der Waals surface area contributed by atoms with Crippen LogP contribution in [0.3, 0.4) is 0 Å². The Morgan fingerprint density at radius 1 is 1.39 bits per heavy atom. The zero-order valence-electron chi connectivity index (χ0n) is 11.0. The summed E-state index contributed by atoms with van der Waals surface area (Å²) in [6.45, 7) is 5.20. The number of nitrogens with zero attached hydrogens (tertiary/aromatic N) is 2. The number of pyridine rings is 1. The average Bonchev–Trinajstić information content (AvgIpc) is 2.37. The van der Waals surface area contributed by atoms with Crippen LogP contribution in [-0.4, -0.2) is 48.1 Å². The summed E-state index contributed by atoms with van der Waals surface area (Å²) in [4.78, 5) is 18.4. The molecule has 0 saturated carbocycles. The van der Waals surface area contributed by atoms with Crippen LogP contribution in [0.1, 0.15) is 24.3 Å². The van der Waals surface area contributed by atoms with Gasteiger partial charge in [-0.1, -0.05) is 6.07 Å². The first-order valence-electron chi connectivity index (χ1n) is 6.19. The lowest BCUT2D eigenvalue weighted by molar-refractivity contribution is -0.0587. The van der Waals surface area contributed by atoms with Gasteiger partial charge in [0, 0.05) is 20.1 Å². The number of aromatic nitrogens is 1. The smallest absolute Gasteiger partial charge is 0.272 e. The van der Waals surface area contributed by atoms with Gasteiger partial charge in [0.2, 0.25) is 0 Å². The zero-order chi connectivity index (χ0) is 13.1. The van der Waals surface area contributed by atoms with Crippen molar-refractivity contribution in [3.8, 4) is 0 Å². The maximum absolute atomic E-state index is 12.3. The number of carbonyl (C=O) groups is 1. The average molecular weight is 249 g/mol. The van der Waals surface area contributed by atoms with Gasteiger partial charge in [-0.05, 0) is 26.0 Å². The Bertz CT molecular complexity index is 426. The summed E-state index contributed by atoms with van der Waals surface area (Å²) in [5.41, 5.74) is 0.475. The number of hydrogen-bond donors (Lipinski definition) is 1. The Balaban J connectivity index is 2.14. The molecule has 1 aliphatic heterocycles. The minimum atomic E-state index is -0.0332. The minimum Gasteiger partial charge on any atom is -0.373 e. The molecule has 2 atom stereocenters. The molecule has 1 fully saturated rings. The lowest BCUT2D eigenvalue weighted by Gasteiger charge is -2.35. The second-order valence-electron chi connectivity index (χ2n) is 4.63. The molecule has 0 bridgehead atoms. The number of hydrogen-bond acceptors (Lipinski definition) is 4. The molecule has 18 heavy (non-hydrogen) atoms. The number of carbonyl (C=O) groups excluding carboxylic acids is 1. The third kappa shape index (κ3) is 2.79. The zero-order valence-corrected chi connectivity index (χ0v) is 11.0. The van der Waals surface area contributed by atoms with Crippen LogP contribution in [0.4, 0.5) is 5.82 Å². The molecule has 2 heterocycles. The molecule has 2 rings (SSSR count). The molecule has 1 aromatic heterocycles. The van der Waals surface area contributed by atoms with E-state index in [0.717, 1.165) is 0 Å². The van der Waals surface area contributed by atoms with E-state index in [-0.39, 0.29) is 18.1 Å². The third-order valence-electron chi connectivity index (χ3n) is 2.93. The predicted molar refractivity (Wildman–Crippen MR) is 69.7 cm³/mol. The van der Waals surface area contributed by atoms with E-state index < -0.39 is 0 Å². The number of nitrogens with one attached hydrogen (secondary N) is 1. The minimum absolute atomic E-state index is 0.0332. The standard InChI is InChI=1S/C13H19N3O2/c1-9-7-16(8-10(2)18-9)13(17)11-5-4-6-12(14-3)15-11/h4-6,9-10H,7-8H2,1-3H3,(H,14,15)/t9-,10+. The molecule has 1 aliphatic rings. The van der Waals surface area contributed by atoms with Crippen molar-refractivity contribution in [1.82, 2.24) is 9.88 Å². The molecule has 0 radical (unpaired) electrons. The molecule has 1 aromatic rings. The van der Waals surface area contributed by atoms with Crippen LogP contribution in [0.15, 0.2) is 18.2 Å². The summed E-state index contributed by atoms with van der Waals surface area (Å²) < 4.78 is 5.62. The van der Waals surface area contributed by atoms with Gasteiger partial charge in [0.25, 0.3) is 5.91 Å². The van der Waals surface area contributed by atoms with Gasteiger partial charge in [0.1, 0.15) is 11.5 Å². The SMILES string of the molecule is CNc1cccc(C(=O)N2C[C@@H](C)O[C@@H](C)C2)n1. The molecule has 98 valence electrons. The van der Waals surface area contributed by atoms with Crippen LogP contribution >= 0.6 is 0 Å². The Hall–Kier alpha value is -1.62. The normalized spacial score (nSPS) is 23.8. The van der Waals surface area contributed by atoms with Crippen molar-refractivity contribution in [3.05, 3.63) is 23.9 Å². The molecular formula is C13H19N3O2. The summed E-state index contributed by atoms with van der Waals surface area (Å²) in [6, 6.07) is 5.41. The van der Waals surface area contributed by atoms with Crippen molar-refractivity contribution in [1.29, 1.82) is 0 Å². The summed E-state index contributed by atoms with van der Waals surface area (Å²) >= 11 is 0. The highest BCUT2D eigenvalue weighted by atomic mass is 16.5. The highest BCUT2D eigenvalue weighted by molar-refractivity contribution is 5.92. The lowest BCUT2D eigenvalue weighted by Crippen LogP contribution is -2.48. The van der Waals surface area contributed by atoms with Gasteiger partial charge in [0.05, 0.1) is 12.2 Å². The second kappa shape index (κ2) is 5.35. The van der Waals surface area contributed by atoms with E-state index in [9.17, 15) is 4.79 Å². The van der Waals surface area contributed by atoms with Gasteiger partial charge in [0.15, 0.2) is 0 Å². The largest absolute Gasteiger partial charge is 0.373 e. The van der Waals surface area contributed by atoms with Crippen LogP contribution in [-0.2, 0) is 4.74 Å². The van der Waals surface area contributed by atoms with Gasteiger partial charge in [-0.3, -0.25) is 4.79 Å². The van der Waals surface area contributed by atoms with E-state index in [1.807, 2.05) is 26.0 Å². The van der Waals surface area contributed by atoms with E-state index in [0.29, 0.717) is 24.6 Å². The van der Waals surface area contributed by atoms with Gasteiger partial charge in [-0.25, -0.2) is 4.98 Å². The molecular weight excluding hydrogens is 230 g/mol. The van der Waals surface area contributed by atoms with Gasteiger partial charge < -0.3 is 15.0 Å². The van der Waals surface area contributed by atoms with Crippen molar-refractivity contribution < 1.29 is 9.53 Å². The molecule has 1 saturated heterocycles. The molecule has 0 aliphatic carbocycles. The predicted octanol–water partition coefficient (Wildman–Crippen LogP) is 1.37. The molecule has 5 nitrogen and oxygen atoms in total. The number of morpholine rings is 1. The highest BCUT2D eigenvalue weighted by Gasteiger charge is 2.27. The van der Waals surface area contributed by atoms with Crippen molar-refractivity contribution in [3.63, 3.8) is 0 Å². The summed E-state index contributed by atoms with van der Waals surface area (Å²) in [7, 11) is 1.79. The first-order valence-corrected chi connectivity index (χ1v) is 6.19. The third-order valence-corrected chi connectivity index (χ3v) is 2.93. The Morgan fingerprint density at radius 2 is 2.06 bits per heavy atom. The van der Waals surface area contributed by atoms with Crippen LogP contribution in [0.2, 0.25) is 0 Å². The Labute approximate surface area is 107 Å². The van der Waals surface area contributed by atoms with Crippen molar-refractivity contribution in [2.45, 2.75) is 26.1 Å².